The second-order valence-electron chi connectivity index (χ2n) is 9.29. The van der Waals surface area contributed by atoms with Crippen molar-refractivity contribution < 1.29 is 19.0 Å². The Bertz CT molecular complexity index is 1420. The third-order valence-corrected chi connectivity index (χ3v) is 6.51. The van der Waals surface area contributed by atoms with Crippen LogP contribution in [0.4, 0.5) is 15.8 Å². The molecule has 178 valence electrons. The van der Waals surface area contributed by atoms with Crippen molar-refractivity contribution in [3.05, 3.63) is 51.6 Å². The van der Waals surface area contributed by atoms with Crippen LogP contribution >= 0.6 is 0 Å². The number of aromatic nitrogens is 3. The van der Waals surface area contributed by atoms with E-state index in [1.54, 1.807) is 4.57 Å². The van der Waals surface area contributed by atoms with Crippen LogP contribution in [0.1, 0.15) is 48.4 Å². The van der Waals surface area contributed by atoms with E-state index < -0.39 is 28.3 Å². The number of nitrogens with zero attached hydrogens (tertiary/aromatic N) is 3. The Morgan fingerprint density at radius 1 is 1.41 bits per heavy atom. The standard InChI is InChI=1S/C24H26FN5O4/c1-24(2)11-34-22-19(27-8-5-9-29-12-28-14-6-3-4-7-15(14)29)17(25)18(26)16-20(22)30(24)10-13(21(16)31)23(32)33/h3,6,10,12,27H,4-5,7-9,11,26H2,1-2H3,(H,32,33). The molecule has 1 aliphatic heterocycles. The molecule has 0 unspecified atom stereocenters. The van der Waals surface area contributed by atoms with Crippen LogP contribution in [0.15, 0.2) is 23.4 Å². The van der Waals surface area contributed by atoms with Gasteiger partial charge < -0.3 is 30.0 Å². The molecule has 0 saturated carbocycles. The average molecular weight is 468 g/mol. The molecule has 0 bridgehead atoms. The molecule has 0 amide bonds. The van der Waals surface area contributed by atoms with Gasteiger partial charge in [-0.25, -0.2) is 14.2 Å². The lowest BCUT2D eigenvalue weighted by Gasteiger charge is -2.36. The van der Waals surface area contributed by atoms with Gasteiger partial charge in [0.2, 0.25) is 5.43 Å². The second kappa shape index (κ2) is 7.89. The molecule has 4 N–H and O–H groups in total. The fourth-order valence-corrected chi connectivity index (χ4v) is 4.70. The number of ether oxygens (including phenoxy) is 1. The van der Waals surface area contributed by atoms with E-state index in [1.165, 1.54) is 11.9 Å². The summed E-state index contributed by atoms with van der Waals surface area (Å²) in [6.07, 6.45) is 9.87. The Labute approximate surface area is 194 Å². The molecule has 0 radical (unpaired) electrons. The van der Waals surface area contributed by atoms with Gasteiger partial charge in [0, 0.05) is 25.0 Å². The minimum atomic E-state index is -1.39. The largest absolute Gasteiger partial charge is 0.487 e. The Kier molecular flexibility index (Phi) is 5.11. The summed E-state index contributed by atoms with van der Waals surface area (Å²) < 4.78 is 25.1. The van der Waals surface area contributed by atoms with Gasteiger partial charge in [-0.1, -0.05) is 6.08 Å². The topological polar surface area (TPSA) is 124 Å². The van der Waals surface area contributed by atoms with Crippen LogP contribution in [0.2, 0.25) is 0 Å². The van der Waals surface area contributed by atoms with E-state index in [-0.39, 0.29) is 29.1 Å². The van der Waals surface area contributed by atoms with E-state index in [2.05, 4.69) is 20.9 Å². The number of halogens is 1. The number of carbonyl (C=O) groups is 1. The Balaban J connectivity index is 1.50. The molecular formula is C24H26FN5O4. The number of anilines is 2. The molecule has 3 heterocycles. The molecular weight excluding hydrogens is 441 g/mol. The van der Waals surface area contributed by atoms with Crippen LogP contribution in [0.5, 0.6) is 5.75 Å². The minimum absolute atomic E-state index is 0.0762. The molecule has 0 spiro atoms. The van der Waals surface area contributed by atoms with E-state index in [0.29, 0.717) is 25.0 Å². The number of hydrogen-bond acceptors (Lipinski definition) is 6. The first-order valence-electron chi connectivity index (χ1n) is 11.2. The fraction of sp³-hybridized carbons (Fsp3) is 0.375. The monoisotopic (exact) mass is 467 g/mol. The van der Waals surface area contributed by atoms with Crippen LogP contribution in [-0.4, -0.2) is 38.3 Å². The van der Waals surface area contributed by atoms with E-state index in [0.717, 1.165) is 18.5 Å². The first-order valence-corrected chi connectivity index (χ1v) is 11.2. The lowest BCUT2D eigenvalue weighted by Crippen LogP contribution is -2.39. The highest BCUT2D eigenvalue weighted by Crippen LogP contribution is 2.44. The molecule has 34 heavy (non-hydrogen) atoms. The van der Waals surface area contributed by atoms with Crippen molar-refractivity contribution in [2.75, 3.05) is 24.2 Å². The van der Waals surface area contributed by atoms with Gasteiger partial charge in [0.25, 0.3) is 0 Å². The molecule has 1 aromatic carbocycles. The summed E-state index contributed by atoms with van der Waals surface area (Å²) >= 11 is 0. The van der Waals surface area contributed by atoms with Crippen LogP contribution in [0, 0.1) is 5.82 Å². The zero-order valence-corrected chi connectivity index (χ0v) is 19.0. The van der Waals surface area contributed by atoms with Crippen LogP contribution in [-0.2, 0) is 18.5 Å². The van der Waals surface area contributed by atoms with Crippen molar-refractivity contribution in [2.45, 2.75) is 45.2 Å². The third kappa shape index (κ3) is 3.32. The number of aromatic carboxylic acids is 1. The Morgan fingerprint density at radius 2 is 2.21 bits per heavy atom. The van der Waals surface area contributed by atoms with Gasteiger partial charge in [-0.2, -0.15) is 0 Å². The predicted molar refractivity (Wildman–Crippen MR) is 127 cm³/mol. The molecule has 2 aromatic heterocycles. The average Bonchev–Trinajstić information content (AvgIpc) is 3.21. The van der Waals surface area contributed by atoms with Crippen molar-refractivity contribution in [1.29, 1.82) is 0 Å². The molecule has 0 saturated heterocycles. The quantitative estimate of drug-likeness (QED) is 0.376. The van der Waals surface area contributed by atoms with Gasteiger partial charge in [-0.05, 0) is 39.2 Å². The van der Waals surface area contributed by atoms with Crippen molar-refractivity contribution in [3.8, 4) is 5.75 Å². The number of hydrogen-bond donors (Lipinski definition) is 3. The molecule has 9 nitrogen and oxygen atoms in total. The lowest BCUT2D eigenvalue weighted by molar-refractivity contribution is 0.0693. The number of fused-ring (bicyclic) bond motifs is 1. The first-order chi connectivity index (χ1) is 16.2. The number of carboxylic acids is 1. The number of carboxylic acid groups (broad SMARTS) is 1. The smallest absolute Gasteiger partial charge is 0.341 e. The fourth-order valence-electron chi connectivity index (χ4n) is 4.70. The first kappa shape index (κ1) is 22.0. The van der Waals surface area contributed by atoms with Gasteiger partial charge in [-0.3, -0.25) is 4.79 Å². The zero-order valence-electron chi connectivity index (χ0n) is 19.0. The van der Waals surface area contributed by atoms with E-state index >= 15 is 4.39 Å². The molecule has 2 aliphatic rings. The van der Waals surface area contributed by atoms with E-state index in [1.807, 2.05) is 26.3 Å². The van der Waals surface area contributed by atoms with Gasteiger partial charge in [0.15, 0.2) is 11.6 Å². The molecule has 0 atom stereocenters. The van der Waals surface area contributed by atoms with Crippen LogP contribution in [0.3, 0.4) is 0 Å². The number of nitrogen functional groups attached to an aromatic ring is 1. The molecule has 0 fully saturated rings. The highest BCUT2D eigenvalue weighted by molar-refractivity contribution is 6.03. The maximum atomic E-state index is 15.4. The summed E-state index contributed by atoms with van der Waals surface area (Å²) in [5.41, 5.74) is 6.27. The number of imidazole rings is 1. The van der Waals surface area contributed by atoms with Gasteiger partial charge in [-0.15, -0.1) is 0 Å². The normalized spacial score (nSPS) is 15.7. The maximum Gasteiger partial charge on any atom is 0.341 e. The van der Waals surface area contributed by atoms with Gasteiger partial charge in [0.1, 0.15) is 17.9 Å². The van der Waals surface area contributed by atoms with E-state index in [9.17, 15) is 14.7 Å². The number of benzene rings is 1. The summed E-state index contributed by atoms with van der Waals surface area (Å²) in [6.45, 7) is 5.01. The summed E-state index contributed by atoms with van der Waals surface area (Å²) in [5.74, 6) is -2.04. The number of pyridine rings is 1. The number of nitrogens with one attached hydrogen (secondary N) is 1. The summed E-state index contributed by atoms with van der Waals surface area (Å²) in [6, 6.07) is 0. The molecule has 1 aliphatic carbocycles. The van der Waals surface area contributed by atoms with Gasteiger partial charge >= 0.3 is 5.97 Å². The summed E-state index contributed by atoms with van der Waals surface area (Å²) in [4.78, 5) is 29.0. The summed E-state index contributed by atoms with van der Waals surface area (Å²) in [5, 5.41) is 12.4. The van der Waals surface area contributed by atoms with E-state index in [4.69, 9.17) is 10.5 Å². The third-order valence-electron chi connectivity index (χ3n) is 6.51. The SMILES string of the molecule is CC1(C)COc2c(NCCCn3cnc4c3CCC=C4)c(F)c(N)c3c(=O)c(C(=O)O)cn1c23. The molecule has 5 rings (SSSR count). The number of rotatable bonds is 6. The van der Waals surface area contributed by atoms with Crippen molar-refractivity contribution in [3.63, 3.8) is 0 Å². The van der Waals surface area contributed by atoms with Gasteiger partial charge in [0.05, 0.1) is 34.2 Å². The second-order valence-corrected chi connectivity index (χ2v) is 9.29. The predicted octanol–water partition coefficient (Wildman–Crippen LogP) is 3.21. The summed E-state index contributed by atoms with van der Waals surface area (Å²) in [7, 11) is 0. The van der Waals surface area contributed by atoms with Crippen molar-refractivity contribution >= 4 is 34.3 Å². The molecule has 3 aromatic rings. The Hall–Kier alpha value is -3.82. The molecule has 10 heteroatoms. The number of nitrogens with two attached hydrogens (primary N) is 1. The Morgan fingerprint density at radius 3 is 2.97 bits per heavy atom. The highest BCUT2D eigenvalue weighted by Gasteiger charge is 2.35. The van der Waals surface area contributed by atoms with Crippen LogP contribution in [0.25, 0.3) is 17.0 Å². The lowest BCUT2D eigenvalue weighted by atomic mass is 9.98. The highest BCUT2D eigenvalue weighted by atomic mass is 19.1. The number of allylic oxidation sites excluding steroid dienone is 1. The van der Waals surface area contributed by atoms with Crippen molar-refractivity contribution in [2.24, 2.45) is 0 Å². The minimum Gasteiger partial charge on any atom is -0.487 e. The maximum absolute atomic E-state index is 15.4. The zero-order chi connectivity index (χ0) is 24.2. The number of aryl methyl sites for hydroxylation is 1. The van der Waals surface area contributed by atoms with Crippen molar-refractivity contribution in [1.82, 2.24) is 14.1 Å². The van der Waals surface area contributed by atoms with Crippen LogP contribution < -0.4 is 21.2 Å².